The van der Waals surface area contributed by atoms with Gasteiger partial charge >= 0.3 is 0 Å². The van der Waals surface area contributed by atoms with E-state index in [9.17, 15) is 8.42 Å². The molecule has 6 nitrogen and oxygen atoms in total. The van der Waals surface area contributed by atoms with Crippen molar-refractivity contribution in [1.29, 1.82) is 0 Å². The van der Waals surface area contributed by atoms with E-state index in [4.69, 9.17) is 5.73 Å². The van der Waals surface area contributed by atoms with Crippen LogP contribution in [0.1, 0.15) is 12.5 Å². The van der Waals surface area contributed by atoms with Crippen molar-refractivity contribution in [1.82, 2.24) is 9.78 Å². The van der Waals surface area contributed by atoms with Crippen molar-refractivity contribution in [2.24, 2.45) is 0 Å². The molecule has 2 rings (SSSR count). The number of rotatable bonds is 4. The highest BCUT2D eigenvalue weighted by Crippen LogP contribution is 2.24. The van der Waals surface area contributed by atoms with Crippen LogP contribution in [-0.2, 0) is 16.6 Å². The molecule has 0 aliphatic heterocycles. The number of anilines is 2. The molecule has 7 heteroatoms. The lowest BCUT2D eigenvalue weighted by Crippen LogP contribution is -2.15. The van der Waals surface area contributed by atoms with E-state index < -0.39 is 10.0 Å². The van der Waals surface area contributed by atoms with Crippen molar-refractivity contribution >= 4 is 21.4 Å². The number of aromatic nitrogens is 2. The van der Waals surface area contributed by atoms with Crippen LogP contribution in [0.5, 0.6) is 0 Å². The molecule has 0 atom stereocenters. The number of nitrogens with zero attached hydrogens (tertiary/aromatic N) is 2. The SMILES string of the molecule is CCn1cc(NS(=O)(=O)c2c(C)cccc2N)cn1. The van der Waals surface area contributed by atoms with Gasteiger partial charge in [0.25, 0.3) is 10.0 Å². The predicted molar refractivity (Wildman–Crippen MR) is 74.3 cm³/mol. The summed E-state index contributed by atoms with van der Waals surface area (Å²) in [6, 6.07) is 5.00. The molecule has 0 bridgehead atoms. The zero-order valence-corrected chi connectivity index (χ0v) is 11.6. The van der Waals surface area contributed by atoms with Crippen molar-refractivity contribution < 1.29 is 8.42 Å². The molecule has 0 unspecified atom stereocenters. The van der Waals surface area contributed by atoms with E-state index in [1.54, 1.807) is 36.0 Å². The number of aryl methyl sites for hydroxylation is 2. The van der Waals surface area contributed by atoms with Crippen LogP contribution in [0.3, 0.4) is 0 Å². The predicted octanol–water partition coefficient (Wildman–Crippen LogP) is 1.59. The van der Waals surface area contributed by atoms with E-state index >= 15 is 0 Å². The summed E-state index contributed by atoms with van der Waals surface area (Å²) in [6.45, 7) is 4.30. The first-order chi connectivity index (χ1) is 8.94. The fourth-order valence-electron chi connectivity index (χ4n) is 1.84. The molecule has 0 fully saturated rings. The average molecular weight is 280 g/mol. The Morgan fingerprint density at radius 1 is 1.42 bits per heavy atom. The van der Waals surface area contributed by atoms with Gasteiger partial charge in [0.1, 0.15) is 4.90 Å². The second-order valence-electron chi connectivity index (χ2n) is 4.18. The lowest BCUT2D eigenvalue weighted by Gasteiger charge is -2.11. The van der Waals surface area contributed by atoms with Crippen LogP contribution in [0.4, 0.5) is 11.4 Å². The third-order valence-electron chi connectivity index (χ3n) is 2.72. The van der Waals surface area contributed by atoms with Gasteiger partial charge in [-0.05, 0) is 25.5 Å². The second-order valence-corrected chi connectivity index (χ2v) is 5.80. The molecule has 0 radical (unpaired) electrons. The molecule has 2 aromatic rings. The number of nitrogens with one attached hydrogen (secondary N) is 1. The molecule has 3 N–H and O–H groups in total. The van der Waals surface area contributed by atoms with Crippen LogP contribution in [0.2, 0.25) is 0 Å². The first-order valence-corrected chi connectivity index (χ1v) is 7.32. The standard InChI is InChI=1S/C12H16N4O2S/c1-3-16-8-10(7-14-16)15-19(17,18)12-9(2)5-4-6-11(12)13/h4-8,15H,3,13H2,1-2H3. The Bertz CT molecular complexity index is 671. The number of hydrogen-bond acceptors (Lipinski definition) is 4. The molecule has 0 aliphatic carbocycles. The van der Waals surface area contributed by atoms with Gasteiger partial charge < -0.3 is 5.73 Å². The minimum atomic E-state index is -3.70. The average Bonchev–Trinajstić information content (AvgIpc) is 2.75. The summed E-state index contributed by atoms with van der Waals surface area (Å²) < 4.78 is 28.7. The van der Waals surface area contributed by atoms with E-state index in [-0.39, 0.29) is 10.6 Å². The molecule has 0 aliphatic rings. The van der Waals surface area contributed by atoms with Crippen LogP contribution in [0, 0.1) is 6.92 Å². The summed E-state index contributed by atoms with van der Waals surface area (Å²) in [5.41, 5.74) is 7.01. The third-order valence-corrected chi connectivity index (χ3v) is 4.32. The van der Waals surface area contributed by atoms with Crippen LogP contribution >= 0.6 is 0 Å². The van der Waals surface area contributed by atoms with Gasteiger partial charge in [-0.2, -0.15) is 5.10 Å². The molecule has 1 heterocycles. The minimum absolute atomic E-state index is 0.110. The summed E-state index contributed by atoms with van der Waals surface area (Å²) in [5, 5.41) is 4.02. The van der Waals surface area contributed by atoms with E-state index in [0.29, 0.717) is 17.8 Å². The van der Waals surface area contributed by atoms with Gasteiger partial charge in [-0.15, -0.1) is 0 Å². The maximum atomic E-state index is 12.3. The Morgan fingerprint density at radius 2 is 2.16 bits per heavy atom. The molecule has 0 saturated carbocycles. The van der Waals surface area contributed by atoms with Gasteiger partial charge in [0, 0.05) is 12.7 Å². The van der Waals surface area contributed by atoms with E-state index in [2.05, 4.69) is 9.82 Å². The van der Waals surface area contributed by atoms with Gasteiger partial charge in [-0.1, -0.05) is 12.1 Å². The summed E-state index contributed by atoms with van der Waals surface area (Å²) in [4.78, 5) is 0.110. The second kappa shape index (κ2) is 4.93. The molecule has 1 aromatic heterocycles. The molecule has 1 aromatic carbocycles. The maximum Gasteiger partial charge on any atom is 0.264 e. The molecule has 0 saturated heterocycles. The van der Waals surface area contributed by atoms with Crippen molar-refractivity contribution in [2.45, 2.75) is 25.3 Å². The number of hydrogen-bond donors (Lipinski definition) is 2. The smallest absolute Gasteiger partial charge is 0.264 e. The Kier molecular flexibility index (Phi) is 3.48. The highest BCUT2D eigenvalue weighted by Gasteiger charge is 2.20. The molecular formula is C12H16N4O2S. The summed E-state index contributed by atoms with van der Waals surface area (Å²) in [6.07, 6.45) is 3.10. The Balaban J connectivity index is 2.38. The zero-order valence-electron chi connectivity index (χ0n) is 10.8. The van der Waals surface area contributed by atoms with Crippen LogP contribution in [0.15, 0.2) is 35.5 Å². The normalized spacial score (nSPS) is 11.5. The molecule has 19 heavy (non-hydrogen) atoms. The quantitative estimate of drug-likeness (QED) is 0.832. The Morgan fingerprint density at radius 3 is 2.74 bits per heavy atom. The van der Waals surface area contributed by atoms with Crippen molar-refractivity contribution in [2.75, 3.05) is 10.5 Å². The number of sulfonamides is 1. The summed E-state index contributed by atoms with van der Waals surface area (Å²) >= 11 is 0. The first-order valence-electron chi connectivity index (χ1n) is 5.84. The largest absolute Gasteiger partial charge is 0.398 e. The maximum absolute atomic E-state index is 12.3. The lowest BCUT2D eigenvalue weighted by molar-refractivity contribution is 0.601. The lowest BCUT2D eigenvalue weighted by atomic mass is 10.2. The fraction of sp³-hybridized carbons (Fsp3) is 0.250. The molecular weight excluding hydrogens is 264 g/mol. The monoisotopic (exact) mass is 280 g/mol. The van der Waals surface area contributed by atoms with Crippen molar-refractivity contribution in [3.8, 4) is 0 Å². The summed E-state index contributed by atoms with van der Waals surface area (Å²) in [7, 11) is -3.70. The van der Waals surface area contributed by atoms with Gasteiger partial charge in [0.15, 0.2) is 0 Å². The van der Waals surface area contributed by atoms with Crippen LogP contribution < -0.4 is 10.5 Å². The minimum Gasteiger partial charge on any atom is -0.398 e. The van der Waals surface area contributed by atoms with Crippen molar-refractivity contribution in [3.05, 3.63) is 36.2 Å². The number of nitrogens with two attached hydrogens (primary N) is 1. The number of benzene rings is 1. The highest BCUT2D eigenvalue weighted by atomic mass is 32.2. The molecule has 0 amide bonds. The van der Waals surface area contributed by atoms with E-state index in [1.165, 1.54) is 6.20 Å². The van der Waals surface area contributed by atoms with Crippen molar-refractivity contribution in [3.63, 3.8) is 0 Å². The summed E-state index contributed by atoms with van der Waals surface area (Å²) in [5.74, 6) is 0. The van der Waals surface area contributed by atoms with E-state index in [0.717, 1.165) is 0 Å². The van der Waals surface area contributed by atoms with Gasteiger partial charge in [0.2, 0.25) is 0 Å². The van der Waals surface area contributed by atoms with Crippen LogP contribution in [0.25, 0.3) is 0 Å². The zero-order chi connectivity index (χ0) is 14.0. The van der Waals surface area contributed by atoms with Gasteiger partial charge in [-0.3, -0.25) is 9.40 Å². The Labute approximate surface area is 112 Å². The van der Waals surface area contributed by atoms with Gasteiger partial charge in [0.05, 0.1) is 17.6 Å². The first kappa shape index (κ1) is 13.4. The van der Waals surface area contributed by atoms with Gasteiger partial charge in [-0.25, -0.2) is 8.42 Å². The highest BCUT2D eigenvalue weighted by molar-refractivity contribution is 7.93. The number of nitrogen functional groups attached to an aromatic ring is 1. The third kappa shape index (κ3) is 2.70. The fourth-order valence-corrected chi connectivity index (χ4v) is 3.23. The topological polar surface area (TPSA) is 90.0 Å². The van der Waals surface area contributed by atoms with Crippen LogP contribution in [-0.4, -0.2) is 18.2 Å². The molecule has 102 valence electrons. The Hall–Kier alpha value is -2.02. The van der Waals surface area contributed by atoms with E-state index in [1.807, 2.05) is 6.92 Å². The molecule has 0 spiro atoms.